The van der Waals surface area contributed by atoms with Gasteiger partial charge in [-0.1, -0.05) is 0 Å². The third kappa shape index (κ3) is 4.79. The lowest BCUT2D eigenvalue weighted by Gasteiger charge is -2.27. The van der Waals surface area contributed by atoms with E-state index in [-0.39, 0.29) is 0 Å². The van der Waals surface area contributed by atoms with Crippen LogP contribution < -0.4 is 33.3 Å². The zero-order valence-corrected chi connectivity index (χ0v) is 23.5. The summed E-state index contributed by atoms with van der Waals surface area (Å²) in [7, 11) is 6.65. The maximum atomic E-state index is 6.08. The molecule has 0 atom stereocenters. The van der Waals surface area contributed by atoms with Gasteiger partial charge in [-0.25, -0.2) is 0 Å². The molecule has 1 aromatic heterocycles. The van der Waals surface area contributed by atoms with Gasteiger partial charge in [0.2, 0.25) is 0 Å². The summed E-state index contributed by atoms with van der Waals surface area (Å²) in [5.41, 5.74) is 3.59. The third-order valence-corrected chi connectivity index (χ3v) is 8.46. The zero-order chi connectivity index (χ0) is 26.6. The smallest absolute Gasteiger partial charge is 0.186 e. The molecule has 1 aliphatic heterocycles. The minimum absolute atomic E-state index is 0.496. The molecule has 0 N–H and O–H groups in total. The quantitative estimate of drug-likeness (QED) is 0.199. The number of benzene rings is 3. The highest BCUT2D eigenvalue weighted by Crippen LogP contribution is 2.57. The summed E-state index contributed by atoms with van der Waals surface area (Å²) in [5, 5.41) is 0. The monoisotopic (exact) mass is 551 g/mol. The number of anilines is 3. The Kier molecular flexibility index (Phi) is 7.76. The summed E-state index contributed by atoms with van der Waals surface area (Å²) in [6.45, 7) is 1.03. The number of nitrogens with zero attached hydrogens (tertiary/aromatic N) is 1. The van der Waals surface area contributed by atoms with Gasteiger partial charge in [0.05, 0.1) is 44.6 Å². The van der Waals surface area contributed by atoms with E-state index < -0.39 is 0 Å². The average Bonchev–Trinajstić information content (AvgIpc) is 3.36. The highest BCUT2D eigenvalue weighted by molar-refractivity contribution is 8.00. The van der Waals surface area contributed by atoms with Crippen LogP contribution in [0.5, 0.6) is 34.5 Å². The highest BCUT2D eigenvalue weighted by atomic mass is 32.2. The van der Waals surface area contributed by atoms with E-state index in [1.165, 1.54) is 0 Å². The van der Waals surface area contributed by atoms with Crippen LogP contribution in [-0.4, -0.2) is 47.9 Å². The van der Waals surface area contributed by atoms with Crippen molar-refractivity contribution in [3.8, 4) is 44.9 Å². The summed E-state index contributed by atoms with van der Waals surface area (Å²) in [6, 6.07) is 19.8. The van der Waals surface area contributed by atoms with Gasteiger partial charge < -0.3 is 33.3 Å². The first-order valence-corrected chi connectivity index (χ1v) is 14.0. The Bertz CT molecular complexity index is 1330. The normalized spacial score (nSPS) is 12.1. The van der Waals surface area contributed by atoms with Crippen LogP contribution in [0.25, 0.3) is 10.4 Å². The van der Waals surface area contributed by atoms with Crippen LogP contribution in [-0.2, 0) is 0 Å². The molecule has 1 aliphatic rings. The second kappa shape index (κ2) is 11.4. The molecular formula is C29H29NO6S2. The van der Waals surface area contributed by atoms with Crippen molar-refractivity contribution in [2.24, 2.45) is 0 Å². The fraction of sp³-hybridized carbons (Fsp3) is 0.241. The summed E-state index contributed by atoms with van der Waals surface area (Å²) >= 11 is 3.25. The lowest BCUT2D eigenvalue weighted by molar-refractivity contribution is 0.170. The number of fused-ring (bicyclic) bond motifs is 1. The van der Waals surface area contributed by atoms with E-state index in [4.69, 9.17) is 28.4 Å². The molecule has 0 saturated carbocycles. The minimum Gasteiger partial charge on any atom is -0.497 e. The first kappa shape index (κ1) is 25.9. The van der Waals surface area contributed by atoms with E-state index in [0.29, 0.717) is 24.7 Å². The number of thioether (sulfide) groups is 1. The lowest BCUT2D eigenvalue weighted by Crippen LogP contribution is -2.15. The number of hydrogen-bond acceptors (Lipinski definition) is 9. The molecule has 0 spiro atoms. The van der Waals surface area contributed by atoms with E-state index in [1.54, 1.807) is 51.5 Å². The molecule has 0 unspecified atom stereocenters. The minimum atomic E-state index is 0.496. The lowest BCUT2D eigenvalue weighted by atomic mass is 10.1. The largest absolute Gasteiger partial charge is 0.497 e. The van der Waals surface area contributed by atoms with Crippen LogP contribution in [0.3, 0.4) is 0 Å². The Hall–Kier alpha value is -3.69. The third-order valence-electron chi connectivity index (χ3n) is 6.19. The van der Waals surface area contributed by atoms with Crippen LogP contribution >= 0.6 is 23.1 Å². The molecule has 0 radical (unpaired) electrons. The predicted octanol–water partition coefficient (Wildman–Crippen LogP) is 7.41. The van der Waals surface area contributed by atoms with Gasteiger partial charge in [-0.2, -0.15) is 0 Å². The topological polar surface area (TPSA) is 58.6 Å². The van der Waals surface area contributed by atoms with Gasteiger partial charge in [-0.15, -0.1) is 23.1 Å². The standard InChI is InChI=1S/C29H29NO6S2/c1-31-21-10-6-18(7-11-21)30(19-8-12-22(32-2)13-9-19)20-16-23(33-3)25(24(17-20)34-4)28-26-27(29(37-5)38-28)36-15-14-35-26/h6-13,16-17H,14-15H2,1-5H3. The van der Waals surface area contributed by atoms with Crippen molar-refractivity contribution in [2.75, 3.05) is 52.8 Å². The van der Waals surface area contributed by atoms with Crippen LogP contribution in [0.4, 0.5) is 17.1 Å². The van der Waals surface area contributed by atoms with Crippen molar-refractivity contribution in [1.29, 1.82) is 0 Å². The first-order valence-electron chi connectivity index (χ1n) is 11.9. The Labute approximate surface area is 230 Å². The molecule has 0 bridgehead atoms. The van der Waals surface area contributed by atoms with Gasteiger partial charge in [0.15, 0.2) is 11.5 Å². The first-order chi connectivity index (χ1) is 18.6. The second-order valence-electron chi connectivity index (χ2n) is 8.23. The van der Waals surface area contributed by atoms with E-state index >= 15 is 0 Å². The second-order valence-corrected chi connectivity index (χ2v) is 10.3. The molecule has 198 valence electrons. The molecule has 2 heterocycles. The van der Waals surface area contributed by atoms with E-state index in [0.717, 1.165) is 54.7 Å². The molecule has 7 nitrogen and oxygen atoms in total. The number of hydrogen-bond donors (Lipinski definition) is 0. The number of thiophene rings is 1. The van der Waals surface area contributed by atoms with Crippen molar-refractivity contribution in [3.05, 3.63) is 60.7 Å². The SMILES string of the molecule is COc1ccc(N(c2ccc(OC)cc2)c2cc(OC)c(-c3sc(SC)c4c3OCCO4)c(OC)c2)cc1. The summed E-state index contributed by atoms with van der Waals surface area (Å²) in [5.74, 6) is 4.41. The Morgan fingerprint density at radius 2 is 1.18 bits per heavy atom. The van der Waals surface area contributed by atoms with Gasteiger partial charge in [0.1, 0.15) is 40.4 Å². The van der Waals surface area contributed by atoms with Crippen LogP contribution in [0.2, 0.25) is 0 Å². The van der Waals surface area contributed by atoms with E-state index in [2.05, 4.69) is 4.90 Å². The van der Waals surface area contributed by atoms with Gasteiger partial charge in [0, 0.05) is 23.5 Å². The molecule has 9 heteroatoms. The average molecular weight is 552 g/mol. The van der Waals surface area contributed by atoms with Crippen molar-refractivity contribution in [3.63, 3.8) is 0 Å². The van der Waals surface area contributed by atoms with Crippen molar-refractivity contribution in [1.82, 2.24) is 0 Å². The fourth-order valence-corrected chi connectivity index (χ4v) is 6.28. The Morgan fingerprint density at radius 3 is 1.63 bits per heavy atom. The molecule has 0 saturated heterocycles. The molecule has 5 rings (SSSR count). The van der Waals surface area contributed by atoms with Gasteiger partial charge >= 0.3 is 0 Å². The zero-order valence-electron chi connectivity index (χ0n) is 21.9. The molecule has 4 aromatic rings. The molecular weight excluding hydrogens is 522 g/mol. The molecule has 0 aliphatic carbocycles. The molecule has 0 fully saturated rings. The number of ether oxygens (including phenoxy) is 6. The summed E-state index contributed by atoms with van der Waals surface area (Å²) < 4.78 is 35.8. The molecule has 3 aromatic carbocycles. The Morgan fingerprint density at radius 1 is 0.684 bits per heavy atom. The van der Waals surface area contributed by atoms with E-state index in [9.17, 15) is 0 Å². The van der Waals surface area contributed by atoms with Gasteiger partial charge in [-0.3, -0.25) is 0 Å². The Balaban J connectivity index is 1.69. The highest BCUT2D eigenvalue weighted by Gasteiger charge is 2.30. The van der Waals surface area contributed by atoms with Crippen molar-refractivity contribution in [2.45, 2.75) is 4.21 Å². The number of rotatable bonds is 9. The number of methoxy groups -OCH3 is 4. The predicted molar refractivity (Wildman–Crippen MR) is 153 cm³/mol. The van der Waals surface area contributed by atoms with Crippen LogP contribution in [0.1, 0.15) is 0 Å². The van der Waals surface area contributed by atoms with Gasteiger partial charge in [0.25, 0.3) is 0 Å². The maximum Gasteiger partial charge on any atom is 0.186 e. The van der Waals surface area contributed by atoms with Crippen molar-refractivity contribution < 1.29 is 28.4 Å². The maximum absolute atomic E-state index is 6.08. The van der Waals surface area contributed by atoms with Crippen molar-refractivity contribution >= 4 is 40.2 Å². The van der Waals surface area contributed by atoms with E-state index in [1.807, 2.05) is 66.9 Å². The summed E-state index contributed by atoms with van der Waals surface area (Å²) in [4.78, 5) is 3.05. The van der Waals surface area contributed by atoms with Crippen LogP contribution in [0, 0.1) is 0 Å². The molecule has 0 amide bonds. The molecule has 38 heavy (non-hydrogen) atoms. The van der Waals surface area contributed by atoms with Gasteiger partial charge in [-0.05, 0) is 54.8 Å². The summed E-state index contributed by atoms with van der Waals surface area (Å²) in [6.07, 6.45) is 2.03. The fourth-order valence-electron chi connectivity index (χ4n) is 4.38. The van der Waals surface area contributed by atoms with Crippen LogP contribution in [0.15, 0.2) is 64.9 Å².